The summed E-state index contributed by atoms with van der Waals surface area (Å²) in [4.78, 5) is 15.4. The van der Waals surface area contributed by atoms with Gasteiger partial charge in [0.2, 0.25) is 6.10 Å². The molecular formula is C11H9NO3S. The number of ether oxygens (including phenoxy) is 1. The maximum Gasteiger partial charge on any atom is 0.347 e. The van der Waals surface area contributed by atoms with Crippen LogP contribution in [0.3, 0.4) is 0 Å². The summed E-state index contributed by atoms with van der Waals surface area (Å²) in [6, 6.07) is 8.60. The highest BCUT2D eigenvalue weighted by molar-refractivity contribution is 7.09. The van der Waals surface area contributed by atoms with E-state index in [-0.39, 0.29) is 0 Å². The summed E-state index contributed by atoms with van der Waals surface area (Å²) < 4.78 is 4.98. The van der Waals surface area contributed by atoms with E-state index in [1.165, 1.54) is 17.5 Å². The molecule has 2 rings (SSSR count). The van der Waals surface area contributed by atoms with Crippen LogP contribution < -0.4 is 4.74 Å². The summed E-state index contributed by atoms with van der Waals surface area (Å²) in [5, 5.41) is 11.6. The molecule has 0 spiro atoms. The largest absolute Gasteiger partial charge is 0.424 e. The molecule has 0 aliphatic rings. The monoisotopic (exact) mass is 235 g/mol. The molecule has 0 amide bonds. The Labute approximate surface area is 96.1 Å². The smallest absolute Gasteiger partial charge is 0.347 e. The van der Waals surface area contributed by atoms with Gasteiger partial charge in [-0.05, 0) is 12.1 Å². The lowest BCUT2D eigenvalue weighted by molar-refractivity contribution is -0.144. The Morgan fingerprint density at radius 3 is 2.75 bits per heavy atom. The summed E-state index contributed by atoms with van der Waals surface area (Å²) in [6.07, 6.45) is 0.208. The van der Waals surface area contributed by atoms with Crippen molar-refractivity contribution in [3.8, 4) is 5.75 Å². The topological polar surface area (TPSA) is 59.4 Å². The van der Waals surface area contributed by atoms with Crippen molar-refractivity contribution in [1.82, 2.24) is 4.98 Å². The average molecular weight is 235 g/mol. The van der Waals surface area contributed by atoms with Gasteiger partial charge >= 0.3 is 5.97 Å². The van der Waals surface area contributed by atoms with Gasteiger partial charge in [-0.2, -0.15) is 0 Å². The molecule has 1 heterocycles. The molecule has 0 aliphatic carbocycles. The van der Waals surface area contributed by atoms with E-state index in [1.807, 2.05) is 6.07 Å². The SMILES string of the molecule is O=C(Oc1ccccc1)C(O)c1nccs1. The van der Waals surface area contributed by atoms with E-state index in [4.69, 9.17) is 4.74 Å². The number of hydrogen-bond donors (Lipinski definition) is 1. The molecule has 1 aromatic carbocycles. The maximum absolute atomic E-state index is 11.5. The van der Waals surface area contributed by atoms with Crippen molar-refractivity contribution in [1.29, 1.82) is 0 Å². The van der Waals surface area contributed by atoms with Gasteiger partial charge in [0, 0.05) is 11.6 Å². The minimum Gasteiger partial charge on any atom is -0.424 e. The second-order valence-electron chi connectivity index (χ2n) is 3.01. The molecule has 82 valence electrons. The lowest BCUT2D eigenvalue weighted by atomic mass is 10.3. The highest BCUT2D eigenvalue weighted by atomic mass is 32.1. The first-order chi connectivity index (χ1) is 7.77. The molecule has 4 nitrogen and oxygen atoms in total. The molecule has 2 aromatic rings. The fourth-order valence-corrected chi connectivity index (χ4v) is 1.74. The van der Waals surface area contributed by atoms with Crippen molar-refractivity contribution in [2.45, 2.75) is 6.10 Å². The van der Waals surface area contributed by atoms with Gasteiger partial charge in [-0.15, -0.1) is 11.3 Å². The van der Waals surface area contributed by atoms with E-state index in [1.54, 1.807) is 29.6 Å². The highest BCUT2D eigenvalue weighted by Gasteiger charge is 2.21. The van der Waals surface area contributed by atoms with Crippen LogP contribution in [0.15, 0.2) is 41.9 Å². The summed E-state index contributed by atoms with van der Waals surface area (Å²) in [5.74, 6) is -0.316. The molecule has 1 atom stereocenters. The number of aromatic nitrogens is 1. The van der Waals surface area contributed by atoms with Gasteiger partial charge in [-0.1, -0.05) is 18.2 Å². The number of para-hydroxylation sites is 1. The van der Waals surface area contributed by atoms with Crippen LogP contribution in [-0.2, 0) is 4.79 Å². The Balaban J connectivity index is 2.04. The third-order valence-corrected chi connectivity index (χ3v) is 2.70. The summed E-state index contributed by atoms with van der Waals surface area (Å²) in [7, 11) is 0. The molecule has 0 radical (unpaired) electrons. The van der Waals surface area contributed by atoms with Crippen LogP contribution in [-0.4, -0.2) is 16.1 Å². The Morgan fingerprint density at radius 1 is 1.38 bits per heavy atom. The molecule has 0 aliphatic heterocycles. The quantitative estimate of drug-likeness (QED) is 0.650. The van der Waals surface area contributed by atoms with Crippen LogP contribution in [0.4, 0.5) is 0 Å². The number of rotatable bonds is 3. The molecule has 1 unspecified atom stereocenters. The molecule has 1 aromatic heterocycles. The van der Waals surface area contributed by atoms with E-state index in [9.17, 15) is 9.90 Å². The third-order valence-electron chi connectivity index (χ3n) is 1.87. The van der Waals surface area contributed by atoms with E-state index < -0.39 is 12.1 Å². The van der Waals surface area contributed by atoms with Crippen LogP contribution in [0, 0.1) is 0 Å². The van der Waals surface area contributed by atoms with Crippen molar-refractivity contribution in [3.63, 3.8) is 0 Å². The van der Waals surface area contributed by atoms with Crippen LogP contribution >= 0.6 is 11.3 Å². The van der Waals surface area contributed by atoms with Gasteiger partial charge in [0.15, 0.2) is 0 Å². The fraction of sp³-hybridized carbons (Fsp3) is 0.0909. The number of carbonyl (C=O) groups excluding carboxylic acids is 1. The molecule has 0 saturated carbocycles. The number of aliphatic hydroxyl groups is 1. The third kappa shape index (κ3) is 2.44. The molecule has 0 saturated heterocycles. The minimum absolute atomic E-state index is 0.334. The van der Waals surface area contributed by atoms with Gasteiger partial charge < -0.3 is 9.84 Å². The second-order valence-corrected chi connectivity index (χ2v) is 3.93. The van der Waals surface area contributed by atoms with E-state index >= 15 is 0 Å². The molecule has 16 heavy (non-hydrogen) atoms. The van der Waals surface area contributed by atoms with Gasteiger partial charge in [-0.3, -0.25) is 0 Å². The minimum atomic E-state index is -1.32. The number of esters is 1. The Hall–Kier alpha value is -1.72. The molecular weight excluding hydrogens is 226 g/mol. The molecule has 1 N–H and O–H groups in total. The zero-order valence-electron chi connectivity index (χ0n) is 8.24. The van der Waals surface area contributed by atoms with Crippen molar-refractivity contribution in [3.05, 3.63) is 46.9 Å². The first-order valence-electron chi connectivity index (χ1n) is 4.61. The first-order valence-corrected chi connectivity index (χ1v) is 5.49. The Kier molecular flexibility index (Phi) is 3.28. The Morgan fingerprint density at radius 2 is 2.12 bits per heavy atom. The van der Waals surface area contributed by atoms with Crippen molar-refractivity contribution < 1.29 is 14.6 Å². The highest BCUT2D eigenvalue weighted by Crippen LogP contribution is 2.18. The number of carbonyl (C=O) groups is 1. The van der Waals surface area contributed by atoms with E-state index in [0.717, 1.165) is 0 Å². The maximum atomic E-state index is 11.5. The average Bonchev–Trinajstić information content (AvgIpc) is 2.83. The van der Waals surface area contributed by atoms with Gasteiger partial charge in [0.05, 0.1) is 0 Å². The van der Waals surface area contributed by atoms with Crippen LogP contribution in [0.2, 0.25) is 0 Å². The Bertz CT molecular complexity index is 455. The summed E-state index contributed by atoms with van der Waals surface area (Å²) in [5.41, 5.74) is 0. The number of nitrogens with zero attached hydrogens (tertiary/aromatic N) is 1. The van der Waals surface area contributed by atoms with E-state index in [0.29, 0.717) is 10.8 Å². The van der Waals surface area contributed by atoms with Crippen molar-refractivity contribution in [2.24, 2.45) is 0 Å². The number of thiazole rings is 1. The second kappa shape index (κ2) is 4.87. The zero-order valence-corrected chi connectivity index (χ0v) is 9.05. The van der Waals surface area contributed by atoms with E-state index in [2.05, 4.69) is 4.98 Å². The molecule has 5 heteroatoms. The first kappa shape index (κ1) is 10.8. The summed E-state index contributed by atoms with van der Waals surface area (Å²) >= 11 is 1.21. The van der Waals surface area contributed by atoms with Crippen molar-refractivity contribution >= 4 is 17.3 Å². The van der Waals surface area contributed by atoms with Crippen LogP contribution in [0.1, 0.15) is 11.1 Å². The number of benzene rings is 1. The number of hydrogen-bond acceptors (Lipinski definition) is 5. The lowest BCUT2D eigenvalue weighted by Gasteiger charge is -2.07. The van der Waals surface area contributed by atoms with Crippen LogP contribution in [0.5, 0.6) is 5.75 Å². The molecule has 0 fully saturated rings. The normalized spacial score (nSPS) is 12.1. The summed E-state index contributed by atoms with van der Waals surface area (Å²) in [6.45, 7) is 0. The predicted octanol–water partition coefficient (Wildman–Crippen LogP) is 1.78. The molecule has 0 bridgehead atoms. The zero-order chi connectivity index (χ0) is 11.4. The van der Waals surface area contributed by atoms with Gasteiger partial charge in [0.25, 0.3) is 0 Å². The predicted molar refractivity (Wildman–Crippen MR) is 59.2 cm³/mol. The van der Waals surface area contributed by atoms with Gasteiger partial charge in [-0.25, -0.2) is 9.78 Å². The fourth-order valence-electron chi connectivity index (χ4n) is 1.13. The lowest BCUT2D eigenvalue weighted by Crippen LogP contribution is -2.18. The van der Waals surface area contributed by atoms with Crippen molar-refractivity contribution in [2.75, 3.05) is 0 Å². The van der Waals surface area contributed by atoms with Gasteiger partial charge in [0.1, 0.15) is 10.8 Å². The van der Waals surface area contributed by atoms with Crippen LogP contribution in [0.25, 0.3) is 0 Å². The standard InChI is InChI=1S/C11H9NO3S/c13-9(10-12-6-7-16-10)11(14)15-8-4-2-1-3-5-8/h1-7,9,13H. The number of aliphatic hydroxyl groups excluding tert-OH is 1.